The van der Waals surface area contributed by atoms with Gasteiger partial charge in [0.1, 0.15) is 5.75 Å². The highest BCUT2D eigenvalue weighted by Gasteiger charge is 2.06. The Hall–Kier alpha value is -2.22. The number of ether oxygens (including phenoxy) is 1. The fourth-order valence-electron chi connectivity index (χ4n) is 1.46. The molecule has 1 amide bonds. The molecule has 0 aromatic heterocycles. The summed E-state index contributed by atoms with van der Waals surface area (Å²) in [5.74, 6) is 0.359. The van der Waals surface area contributed by atoms with Gasteiger partial charge < -0.3 is 15.8 Å². The lowest BCUT2D eigenvalue weighted by atomic mass is 10.1. The van der Waals surface area contributed by atoms with Gasteiger partial charge in [-0.2, -0.15) is 5.26 Å². The number of carbonyl (C=O) groups excluding carboxylic acids is 1. The molecule has 0 unspecified atom stereocenters. The Kier molecular flexibility index (Phi) is 5.00. The number of anilines is 1. The predicted octanol–water partition coefficient (Wildman–Crippen LogP) is 1.29. The largest absolute Gasteiger partial charge is 0.483 e. The second-order valence-corrected chi connectivity index (χ2v) is 4.02. The number of carbonyl (C=O) groups is 1. The third kappa shape index (κ3) is 3.98. The average molecular weight is 247 g/mol. The van der Waals surface area contributed by atoms with E-state index >= 15 is 0 Å². The molecule has 1 aromatic rings. The molecule has 0 fully saturated rings. The first-order chi connectivity index (χ1) is 8.54. The summed E-state index contributed by atoms with van der Waals surface area (Å²) in [5, 5.41) is 10.9. The molecule has 0 atom stereocenters. The molecule has 1 rings (SSSR count). The van der Waals surface area contributed by atoms with Crippen LogP contribution in [0.2, 0.25) is 0 Å². The van der Waals surface area contributed by atoms with Crippen molar-refractivity contribution in [3.63, 3.8) is 0 Å². The number of hydrogen-bond acceptors (Lipinski definition) is 4. The van der Waals surface area contributed by atoms with E-state index in [-0.39, 0.29) is 12.5 Å². The summed E-state index contributed by atoms with van der Waals surface area (Å²) in [6.45, 7) is 4.08. The smallest absolute Gasteiger partial charge is 0.257 e. The van der Waals surface area contributed by atoms with Crippen molar-refractivity contribution in [3.05, 3.63) is 23.3 Å². The van der Waals surface area contributed by atoms with Crippen LogP contribution in [0.25, 0.3) is 0 Å². The number of nitrogens with two attached hydrogens (primary N) is 1. The second-order valence-electron chi connectivity index (χ2n) is 4.02. The van der Waals surface area contributed by atoms with E-state index in [2.05, 4.69) is 5.32 Å². The molecular weight excluding hydrogens is 230 g/mol. The van der Waals surface area contributed by atoms with Crippen LogP contribution >= 0.6 is 0 Å². The summed E-state index contributed by atoms with van der Waals surface area (Å²) in [7, 11) is 0. The van der Waals surface area contributed by atoms with E-state index in [1.165, 1.54) is 0 Å². The second kappa shape index (κ2) is 6.50. The fourth-order valence-corrected chi connectivity index (χ4v) is 1.46. The van der Waals surface area contributed by atoms with Gasteiger partial charge in [0.25, 0.3) is 5.91 Å². The van der Waals surface area contributed by atoms with E-state index in [1.54, 1.807) is 6.07 Å². The summed E-state index contributed by atoms with van der Waals surface area (Å²) in [5.41, 5.74) is 8.34. The van der Waals surface area contributed by atoms with Crippen LogP contribution < -0.4 is 15.8 Å². The summed E-state index contributed by atoms with van der Waals surface area (Å²) < 4.78 is 5.39. The summed E-state index contributed by atoms with van der Waals surface area (Å²) in [4.78, 5) is 11.4. The standard InChI is InChI=1S/C13H17N3O2/c1-9-6-10(2)12(7-11(9)15)18-8-13(17)16-5-3-4-14/h6-7H,3,5,8,15H2,1-2H3,(H,16,17). The molecule has 0 saturated carbocycles. The zero-order valence-corrected chi connectivity index (χ0v) is 10.6. The van der Waals surface area contributed by atoms with Crippen molar-refractivity contribution >= 4 is 11.6 Å². The molecule has 0 heterocycles. The van der Waals surface area contributed by atoms with Crippen LogP contribution in [-0.4, -0.2) is 19.1 Å². The van der Waals surface area contributed by atoms with E-state index in [1.807, 2.05) is 26.0 Å². The number of nitrogens with zero attached hydrogens (tertiary/aromatic N) is 1. The van der Waals surface area contributed by atoms with Crippen LogP contribution in [0.3, 0.4) is 0 Å². The van der Waals surface area contributed by atoms with E-state index in [4.69, 9.17) is 15.7 Å². The summed E-state index contributed by atoms with van der Waals surface area (Å²) in [6, 6.07) is 5.58. The number of nitrogen functional groups attached to an aromatic ring is 1. The molecule has 0 aliphatic carbocycles. The maximum atomic E-state index is 11.4. The number of nitrogens with one attached hydrogen (secondary N) is 1. The van der Waals surface area contributed by atoms with Crippen LogP contribution in [0.5, 0.6) is 5.75 Å². The Morgan fingerprint density at radius 2 is 2.17 bits per heavy atom. The summed E-state index contributed by atoms with van der Waals surface area (Å²) >= 11 is 0. The third-order valence-corrected chi connectivity index (χ3v) is 2.48. The van der Waals surface area contributed by atoms with Gasteiger partial charge in [-0.3, -0.25) is 4.79 Å². The minimum atomic E-state index is -0.246. The van der Waals surface area contributed by atoms with Crippen molar-refractivity contribution in [1.29, 1.82) is 5.26 Å². The number of amides is 1. The highest BCUT2D eigenvalue weighted by atomic mass is 16.5. The molecule has 3 N–H and O–H groups in total. The molecule has 0 radical (unpaired) electrons. The van der Waals surface area contributed by atoms with E-state index in [0.717, 1.165) is 11.1 Å². The number of hydrogen-bond donors (Lipinski definition) is 2. The van der Waals surface area contributed by atoms with Crippen LogP contribution in [0.4, 0.5) is 5.69 Å². The molecule has 0 aliphatic rings. The molecule has 5 nitrogen and oxygen atoms in total. The molecule has 96 valence electrons. The highest BCUT2D eigenvalue weighted by molar-refractivity contribution is 5.77. The number of rotatable bonds is 5. The van der Waals surface area contributed by atoms with Gasteiger partial charge in [0, 0.05) is 18.3 Å². The Morgan fingerprint density at radius 1 is 1.44 bits per heavy atom. The van der Waals surface area contributed by atoms with Gasteiger partial charge in [-0.1, -0.05) is 6.07 Å². The van der Waals surface area contributed by atoms with E-state index in [0.29, 0.717) is 24.4 Å². The average Bonchev–Trinajstić information content (AvgIpc) is 2.32. The molecule has 1 aromatic carbocycles. The SMILES string of the molecule is Cc1cc(C)c(OCC(=O)NCCC#N)cc1N. The number of benzene rings is 1. The van der Waals surface area contributed by atoms with Gasteiger partial charge in [0.05, 0.1) is 12.5 Å². The first-order valence-electron chi connectivity index (χ1n) is 5.67. The van der Waals surface area contributed by atoms with Crippen molar-refractivity contribution in [3.8, 4) is 11.8 Å². The van der Waals surface area contributed by atoms with Crippen molar-refractivity contribution < 1.29 is 9.53 Å². The number of nitriles is 1. The van der Waals surface area contributed by atoms with Crippen molar-refractivity contribution in [2.75, 3.05) is 18.9 Å². The van der Waals surface area contributed by atoms with Crippen LogP contribution in [0.15, 0.2) is 12.1 Å². The molecule has 0 aliphatic heterocycles. The zero-order valence-electron chi connectivity index (χ0n) is 10.6. The molecule has 0 spiro atoms. The Bertz CT molecular complexity index is 478. The predicted molar refractivity (Wildman–Crippen MR) is 69.1 cm³/mol. The minimum absolute atomic E-state index is 0.0746. The van der Waals surface area contributed by atoms with Crippen molar-refractivity contribution in [2.45, 2.75) is 20.3 Å². The zero-order chi connectivity index (χ0) is 13.5. The highest BCUT2D eigenvalue weighted by Crippen LogP contribution is 2.24. The fraction of sp³-hybridized carbons (Fsp3) is 0.385. The Balaban J connectivity index is 2.51. The number of aryl methyl sites for hydroxylation is 2. The molecule has 5 heteroatoms. The van der Waals surface area contributed by atoms with E-state index < -0.39 is 0 Å². The van der Waals surface area contributed by atoms with Gasteiger partial charge in [0.15, 0.2) is 6.61 Å². The normalized spacial score (nSPS) is 9.61. The molecule has 0 bridgehead atoms. The van der Waals surface area contributed by atoms with Gasteiger partial charge >= 0.3 is 0 Å². The van der Waals surface area contributed by atoms with Crippen LogP contribution in [-0.2, 0) is 4.79 Å². The van der Waals surface area contributed by atoms with Crippen molar-refractivity contribution in [2.24, 2.45) is 0 Å². The lowest BCUT2D eigenvalue weighted by molar-refractivity contribution is -0.123. The third-order valence-electron chi connectivity index (χ3n) is 2.48. The van der Waals surface area contributed by atoms with Gasteiger partial charge in [-0.05, 0) is 25.0 Å². The molecular formula is C13H17N3O2. The first kappa shape index (κ1) is 13.8. The van der Waals surface area contributed by atoms with Gasteiger partial charge in [-0.25, -0.2) is 0 Å². The van der Waals surface area contributed by atoms with Crippen LogP contribution in [0, 0.1) is 25.2 Å². The molecule has 18 heavy (non-hydrogen) atoms. The summed E-state index contributed by atoms with van der Waals surface area (Å²) in [6.07, 6.45) is 0.294. The monoisotopic (exact) mass is 247 g/mol. The Morgan fingerprint density at radius 3 is 2.83 bits per heavy atom. The van der Waals surface area contributed by atoms with Crippen LogP contribution in [0.1, 0.15) is 17.5 Å². The topological polar surface area (TPSA) is 88.1 Å². The molecule has 0 saturated heterocycles. The van der Waals surface area contributed by atoms with Gasteiger partial charge in [0.2, 0.25) is 0 Å². The quantitative estimate of drug-likeness (QED) is 0.606. The minimum Gasteiger partial charge on any atom is -0.483 e. The maximum Gasteiger partial charge on any atom is 0.257 e. The van der Waals surface area contributed by atoms with Crippen molar-refractivity contribution in [1.82, 2.24) is 5.32 Å². The van der Waals surface area contributed by atoms with Gasteiger partial charge in [-0.15, -0.1) is 0 Å². The first-order valence-corrected chi connectivity index (χ1v) is 5.67. The Labute approximate surface area is 107 Å². The maximum absolute atomic E-state index is 11.4. The lowest BCUT2D eigenvalue weighted by Gasteiger charge is -2.11. The lowest BCUT2D eigenvalue weighted by Crippen LogP contribution is -2.29. The van der Waals surface area contributed by atoms with E-state index in [9.17, 15) is 4.79 Å².